The van der Waals surface area contributed by atoms with Gasteiger partial charge in [0.05, 0.1) is 23.8 Å². The van der Waals surface area contributed by atoms with Crippen molar-refractivity contribution in [1.82, 2.24) is 14.9 Å². The molecule has 2 aromatic rings. The second-order valence-corrected chi connectivity index (χ2v) is 5.24. The van der Waals surface area contributed by atoms with E-state index in [1.807, 2.05) is 0 Å². The SMILES string of the molecule is FC(F)(F)c1cccc(-n2cncc2C2CCCCN2)c1. The van der Waals surface area contributed by atoms with E-state index in [1.54, 1.807) is 23.2 Å². The number of alkyl halides is 3. The molecule has 3 nitrogen and oxygen atoms in total. The van der Waals surface area contributed by atoms with Crippen molar-refractivity contribution < 1.29 is 13.2 Å². The van der Waals surface area contributed by atoms with Gasteiger partial charge in [0.25, 0.3) is 0 Å². The molecule has 1 aromatic heterocycles. The highest BCUT2D eigenvalue weighted by atomic mass is 19.4. The number of hydrogen-bond acceptors (Lipinski definition) is 2. The van der Waals surface area contributed by atoms with Crippen LogP contribution in [0.5, 0.6) is 0 Å². The summed E-state index contributed by atoms with van der Waals surface area (Å²) in [4.78, 5) is 4.11. The number of nitrogens with one attached hydrogen (secondary N) is 1. The lowest BCUT2D eigenvalue weighted by Crippen LogP contribution is -2.28. The van der Waals surface area contributed by atoms with Crippen LogP contribution in [-0.4, -0.2) is 16.1 Å². The van der Waals surface area contributed by atoms with E-state index in [9.17, 15) is 13.2 Å². The molecule has 0 amide bonds. The lowest BCUT2D eigenvalue weighted by molar-refractivity contribution is -0.137. The van der Waals surface area contributed by atoms with Gasteiger partial charge in [-0.15, -0.1) is 0 Å². The van der Waals surface area contributed by atoms with Gasteiger partial charge in [-0.25, -0.2) is 4.98 Å². The average molecular weight is 295 g/mol. The normalized spacial score (nSPS) is 19.7. The second kappa shape index (κ2) is 5.52. The van der Waals surface area contributed by atoms with Crippen molar-refractivity contribution in [2.75, 3.05) is 6.54 Å². The molecule has 1 atom stereocenters. The van der Waals surface area contributed by atoms with E-state index in [4.69, 9.17) is 0 Å². The van der Waals surface area contributed by atoms with Crippen LogP contribution in [0, 0.1) is 0 Å². The highest BCUT2D eigenvalue weighted by Crippen LogP contribution is 2.31. The molecule has 6 heteroatoms. The van der Waals surface area contributed by atoms with Gasteiger partial charge in [0.1, 0.15) is 0 Å². The predicted octanol–water partition coefficient (Wildman–Crippen LogP) is 3.71. The zero-order valence-corrected chi connectivity index (χ0v) is 11.4. The molecule has 1 fully saturated rings. The standard InChI is InChI=1S/C15H16F3N3/c16-15(17,18)11-4-3-5-12(8-11)21-10-19-9-14(21)13-6-1-2-7-20-13/h3-5,8-10,13,20H,1-2,6-7H2. The second-order valence-electron chi connectivity index (χ2n) is 5.24. The summed E-state index contributed by atoms with van der Waals surface area (Å²) in [5, 5.41) is 3.39. The largest absolute Gasteiger partial charge is 0.416 e. The minimum atomic E-state index is -4.33. The van der Waals surface area contributed by atoms with Gasteiger partial charge in [0, 0.05) is 11.7 Å². The third-order valence-electron chi connectivity index (χ3n) is 3.79. The highest BCUT2D eigenvalue weighted by Gasteiger charge is 2.30. The molecule has 2 heterocycles. The molecule has 21 heavy (non-hydrogen) atoms. The lowest BCUT2D eigenvalue weighted by Gasteiger charge is -2.24. The Kier molecular flexibility index (Phi) is 3.71. The Hall–Kier alpha value is -1.82. The van der Waals surface area contributed by atoms with Gasteiger partial charge < -0.3 is 9.88 Å². The first-order valence-corrected chi connectivity index (χ1v) is 6.99. The van der Waals surface area contributed by atoms with Crippen LogP contribution in [0.15, 0.2) is 36.8 Å². The Bertz CT molecular complexity index is 613. The third-order valence-corrected chi connectivity index (χ3v) is 3.79. The van der Waals surface area contributed by atoms with Crippen molar-refractivity contribution in [2.45, 2.75) is 31.5 Å². The van der Waals surface area contributed by atoms with Crippen LogP contribution in [0.3, 0.4) is 0 Å². The number of aromatic nitrogens is 2. The molecular weight excluding hydrogens is 279 g/mol. The highest BCUT2D eigenvalue weighted by molar-refractivity contribution is 5.39. The number of rotatable bonds is 2. The summed E-state index contributed by atoms with van der Waals surface area (Å²) in [6, 6.07) is 5.49. The van der Waals surface area contributed by atoms with Gasteiger partial charge in [-0.3, -0.25) is 0 Å². The molecule has 1 aliphatic rings. The number of imidazole rings is 1. The zero-order chi connectivity index (χ0) is 14.9. The minimum absolute atomic E-state index is 0.149. The van der Waals surface area contributed by atoms with Crippen LogP contribution in [0.1, 0.15) is 36.6 Å². The fourth-order valence-corrected chi connectivity index (χ4v) is 2.72. The maximum Gasteiger partial charge on any atom is 0.416 e. The average Bonchev–Trinajstić information content (AvgIpc) is 2.97. The first-order valence-electron chi connectivity index (χ1n) is 6.99. The van der Waals surface area contributed by atoms with E-state index in [2.05, 4.69) is 10.3 Å². The van der Waals surface area contributed by atoms with E-state index in [-0.39, 0.29) is 6.04 Å². The molecule has 0 bridgehead atoms. The summed E-state index contributed by atoms with van der Waals surface area (Å²) in [5.74, 6) is 0. The smallest absolute Gasteiger partial charge is 0.309 e. The summed E-state index contributed by atoms with van der Waals surface area (Å²) in [6.07, 6.45) is 2.19. The Labute approximate surface area is 120 Å². The molecule has 0 saturated carbocycles. The fraction of sp³-hybridized carbons (Fsp3) is 0.400. The van der Waals surface area contributed by atoms with E-state index in [0.29, 0.717) is 5.69 Å². The van der Waals surface area contributed by atoms with Crippen molar-refractivity contribution in [3.8, 4) is 5.69 Å². The number of benzene rings is 1. The first-order chi connectivity index (χ1) is 10.1. The maximum atomic E-state index is 12.8. The lowest BCUT2D eigenvalue weighted by atomic mass is 10.0. The van der Waals surface area contributed by atoms with E-state index >= 15 is 0 Å². The van der Waals surface area contributed by atoms with Crippen LogP contribution in [0.2, 0.25) is 0 Å². The molecule has 1 aliphatic heterocycles. The van der Waals surface area contributed by atoms with Crippen LogP contribution < -0.4 is 5.32 Å². The van der Waals surface area contributed by atoms with Gasteiger partial charge in [-0.1, -0.05) is 12.5 Å². The fourth-order valence-electron chi connectivity index (χ4n) is 2.72. The van der Waals surface area contributed by atoms with Gasteiger partial charge in [-0.2, -0.15) is 13.2 Å². The predicted molar refractivity (Wildman–Crippen MR) is 73.2 cm³/mol. The molecule has 1 N–H and O–H groups in total. The van der Waals surface area contributed by atoms with Crippen molar-refractivity contribution in [3.63, 3.8) is 0 Å². The Balaban J connectivity index is 1.96. The summed E-state index contributed by atoms with van der Waals surface area (Å²) in [7, 11) is 0. The van der Waals surface area contributed by atoms with Crippen molar-refractivity contribution in [3.05, 3.63) is 48.0 Å². The van der Waals surface area contributed by atoms with Crippen LogP contribution >= 0.6 is 0 Å². The molecule has 1 unspecified atom stereocenters. The van der Waals surface area contributed by atoms with Gasteiger partial charge >= 0.3 is 6.18 Å². The molecule has 1 saturated heterocycles. The van der Waals surface area contributed by atoms with E-state index < -0.39 is 11.7 Å². The molecule has 3 rings (SSSR count). The molecule has 0 spiro atoms. The maximum absolute atomic E-state index is 12.8. The van der Waals surface area contributed by atoms with Crippen LogP contribution in [0.4, 0.5) is 13.2 Å². The molecule has 1 aromatic carbocycles. The number of halogens is 3. The summed E-state index contributed by atoms with van der Waals surface area (Å²) in [6.45, 7) is 0.929. The van der Waals surface area contributed by atoms with E-state index in [1.165, 1.54) is 6.07 Å². The monoisotopic (exact) mass is 295 g/mol. The Morgan fingerprint density at radius 3 is 2.81 bits per heavy atom. The summed E-state index contributed by atoms with van der Waals surface area (Å²) in [5.41, 5.74) is 0.759. The van der Waals surface area contributed by atoms with Gasteiger partial charge in [0.15, 0.2) is 0 Å². The summed E-state index contributed by atoms with van der Waals surface area (Å²) < 4.78 is 40.2. The molecular formula is C15H16F3N3. The number of piperidine rings is 1. The topological polar surface area (TPSA) is 29.9 Å². The van der Waals surface area contributed by atoms with Crippen LogP contribution in [-0.2, 0) is 6.18 Å². The summed E-state index contributed by atoms with van der Waals surface area (Å²) >= 11 is 0. The van der Waals surface area contributed by atoms with Crippen molar-refractivity contribution >= 4 is 0 Å². The van der Waals surface area contributed by atoms with Crippen LogP contribution in [0.25, 0.3) is 5.69 Å². The quantitative estimate of drug-likeness (QED) is 0.915. The van der Waals surface area contributed by atoms with Gasteiger partial charge in [-0.05, 0) is 37.6 Å². The Morgan fingerprint density at radius 1 is 1.24 bits per heavy atom. The molecule has 112 valence electrons. The van der Waals surface area contributed by atoms with E-state index in [0.717, 1.165) is 43.6 Å². The number of nitrogens with zero attached hydrogens (tertiary/aromatic N) is 2. The molecule has 0 aliphatic carbocycles. The number of hydrogen-bond donors (Lipinski definition) is 1. The first kappa shape index (κ1) is 14.1. The third kappa shape index (κ3) is 2.95. The zero-order valence-electron chi connectivity index (χ0n) is 11.4. The Morgan fingerprint density at radius 2 is 2.10 bits per heavy atom. The molecule has 0 radical (unpaired) electrons. The minimum Gasteiger partial charge on any atom is -0.309 e. The van der Waals surface area contributed by atoms with Crippen molar-refractivity contribution in [1.29, 1.82) is 0 Å². The van der Waals surface area contributed by atoms with Gasteiger partial charge in [0.2, 0.25) is 0 Å². The van der Waals surface area contributed by atoms with Crippen molar-refractivity contribution in [2.24, 2.45) is 0 Å².